The van der Waals surface area contributed by atoms with Crippen LogP contribution in [-0.4, -0.2) is 20.9 Å². The topological polar surface area (TPSA) is 87.7 Å². The third-order valence-electron chi connectivity index (χ3n) is 2.62. The number of carbonyl (C=O) groups is 1. The first kappa shape index (κ1) is 12.9. The van der Waals surface area contributed by atoms with Crippen LogP contribution in [0.25, 0.3) is 0 Å². The lowest BCUT2D eigenvalue weighted by molar-refractivity contribution is 0.0948. The maximum Gasteiger partial charge on any atom is 0.264 e. The van der Waals surface area contributed by atoms with Crippen LogP contribution in [0.1, 0.15) is 27.4 Å². The highest BCUT2D eigenvalue weighted by Crippen LogP contribution is 2.00. The molecule has 2 heterocycles. The highest BCUT2D eigenvalue weighted by atomic mass is 16.2. The van der Waals surface area contributed by atoms with Gasteiger partial charge in [0.1, 0.15) is 11.4 Å². The molecule has 2 N–H and O–H groups in total. The smallest absolute Gasteiger partial charge is 0.264 e. The third kappa shape index (κ3) is 3.04. The largest absolute Gasteiger partial charge is 0.348 e. The molecule has 6 heteroatoms. The number of nitrogens with zero attached hydrogens (tertiary/aromatic N) is 2. The number of aryl methyl sites for hydroxylation is 2. The second-order valence-corrected chi connectivity index (χ2v) is 4.16. The zero-order valence-electron chi connectivity index (χ0n) is 10.7. The SMILES string of the molecule is Cc1nc(C)c(C(=O)NCc2cccnc2)c(=O)[nH]1. The van der Waals surface area contributed by atoms with E-state index in [0.717, 1.165) is 5.56 Å². The molecule has 0 saturated heterocycles. The van der Waals surface area contributed by atoms with Crippen molar-refractivity contribution in [3.05, 3.63) is 57.5 Å². The Labute approximate surface area is 109 Å². The Kier molecular flexibility index (Phi) is 3.70. The summed E-state index contributed by atoms with van der Waals surface area (Å²) in [7, 11) is 0. The number of carbonyl (C=O) groups excluding carboxylic acids is 1. The summed E-state index contributed by atoms with van der Waals surface area (Å²) in [4.78, 5) is 34.3. The molecule has 2 aromatic rings. The Bertz CT molecular complexity index is 649. The average molecular weight is 258 g/mol. The zero-order valence-corrected chi connectivity index (χ0v) is 10.7. The van der Waals surface area contributed by atoms with Crippen LogP contribution in [0.4, 0.5) is 0 Å². The van der Waals surface area contributed by atoms with Gasteiger partial charge in [0.25, 0.3) is 11.5 Å². The number of aromatic nitrogens is 3. The molecular formula is C13H14N4O2. The first-order valence-electron chi connectivity index (χ1n) is 5.82. The van der Waals surface area contributed by atoms with Crippen molar-refractivity contribution >= 4 is 5.91 Å². The van der Waals surface area contributed by atoms with Crippen LogP contribution >= 0.6 is 0 Å². The fourth-order valence-corrected chi connectivity index (χ4v) is 1.77. The Morgan fingerprint density at radius 2 is 2.21 bits per heavy atom. The van der Waals surface area contributed by atoms with Crippen LogP contribution in [-0.2, 0) is 6.54 Å². The highest BCUT2D eigenvalue weighted by Gasteiger charge is 2.15. The van der Waals surface area contributed by atoms with Gasteiger partial charge < -0.3 is 10.3 Å². The maximum absolute atomic E-state index is 12.0. The molecule has 0 aliphatic heterocycles. The van der Waals surface area contributed by atoms with Crippen molar-refractivity contribution in [1.82, 2.24) is 20.3 Å². The van der Waals surface area contributed by atoms with Gasteiger partial charge in [0, 0.05) is 18.9 Å². The number of aromatic amines is 1. The van der Waals surface area contributed by atoms with Gasteiger partial charge in [0.05, 0.1) is 5.69 Å². The van der Waals surface area contributed by atoms with Gasteiger partial charge in [-0.05, 0) is 25.5 Å². The van der Waals surface area contributed by atoms with Crippen molar-refractivity contribution in [2.75, 3.05) is 0 Å². The average Bonchev–Trinajstić information content (AvgIpc) is 2.36. The monoisotopic (exact) mass is 258 g/mol. The molecule has 2 rings (SSSR count). The van der Waals surface area contributed by atoms with E-state index in [1.54, 1.807) is 32.3 Å². The molecule has 1 amide bonds. The van der Waals surface area contributed by atoms with E-state index in [-0.39, 0.29) is 5.56 Å². The van der Waals surface area contributed by atoms with E-state index in [2.05, 4.69) is 20.3 Å². The second kappa shape index (κ2) is 5.43. The lowest BCUT2D eigenvalue weighted by atomic mass is 10.2. The van der Waals surface area contributed by atoms with E-state index >= 15 is 0 Å². The van der Waals surface area contributed by atoms with Gasteiger partial charge in [-0.15, -0.1) is 0 Å². The van der Waals surface area contributed by atoms with Gasteiger partial charge >= 0.3 is 0 Å². The first-order valence-corrected chi connectivity index (χ1v) is 5.82. The fourth-order valence-electron chi connectivity index (χ4n) is 1.77. The van der Waals surface area contributed by atoms with Crippen molar-refractivity contribution in [2.24, 2.45) is 0 Å². The molecule has 6 nitrogen and oxygen atoms in total. The summed E-state index contributed by atoms with van der Waals surface area (Å²) in [5.74, 6) is 0.0569. The number of pyridine rings is 1. The predicted octanol–water partition coefficient (Wildman–Crippen LogP) is 0.712. The molecule has 0 aliphatic rings. The van der Waals surface area contributed by atoms with Gasteiger partial charge in [-0.3, -0.25) is 14.6 Å². The van der Waals surface area contributed by atoms with E-state index < -0.39 is 11.5 Å². The second-order valence-electron chi connectivity index (χ2n) is 4.16. The van der Waals surface area contributed by atoms with Gasteiger partial charge in [0.15, 0.2) is 0 Å². The number of H-pyrrole nitrogens is 1. The Morgan fingerprint density at radius 1 is 1.42 bits per heavy atom. The van der Waals surface area contributed by atoms with Crippen LogP contribution in [0.15, 0.2) is 29.3 Å². The van der Waals surface area contributed by atoms with E-state index in [9.17, 15) is 9.59 Å². The highest BCUT2D eigenvalue weighted by molar-refractivity contribution is 5.94. The molecule has 0 aliphatic carbocycles. The number of hydrogen-bond acceptors (Lipinski definition) is 4. The minimum Gasteiger partial charge on any atom is -0.348 e. The van der Waals surface area contributed by atoms with Crippen LogP contribution in [0.5, 0.6) is 0 Å². The molecule has 2 aromatic heterocycles. The third-order valence-corrected chi connectivity index (χ3v) is 2.62. The molecule has 0 fully saturated rings. The molecule has 0 aromatic carbocycles. The number of rotatable bonds is 3. The Morgan fingerprint density at radius 3 is 2.84 bits per heavy atom. The van der Waals surface area contributed by atoms with E-state index in [0.29, 0.717) is 18.1 Å². The summed E-state index contributed by atoms with van der Waals surface area (Å²) in [6, 6.07) is 3.63. The summed E-state index contributed by atoms with van der Waals surface area (Å²) in [6.45, 7) is 3.63. The van der Waals surface area contributed by atoms with Crippen molar-refractivity contribution in [2.45, 2.75) is 20.4 Å². The van der Waals surface area contributed by atoms with Gasteiger partial charge in [-0.1, -0.05) is 6.07 Å². The van der Waals surface area contributed by atoms with Gasteiger partial charge in [-0.2, -0.15) is 0 Å². The molecule has 0 spiro atoms. The summed E-state index contributed by atoms with van der Waals surface area (Å²) in [6.07, 6.45) is 3.31. The molecule has 0 radical (unpaired) electrons. The standard InChI is InChI=1S/C13H14N4O2/c1-8-11(13(19)17-9(2)16-8)12(18)15-7-10-4-3-5-14-6-10/h3-6H,7H2,1-2H3,(H,15,18)(H,16,17,19). The van der Waals surface area contributed by atoms with Crippen molar-refractivity contribution < 1.29 is 4.79 Å². The van der Waals surface area contributed by atoms with Crippen LogP contribution in [0, 0.1) is 13.8 Å². The number of hydrogen-bond donors (Lipinski definition) is 2. The predicted molar refractivity (Wildman–Crippen MR) is 69.7 cm³/mol. The van der Waals surface area contributed by atoms with Crippen LogP contribution in [0.2, 0.25) is 0 Å². The summed E-state index contributed by atoms with van der Waals surface area (Å²) in [5.41, 5.74) is 0.915. The lowest BCUT2D eigenvalue weighted by Crippen LogP contribution is -2.31. The van der Waals surface area contributed by atoms with Crippen molar-refractivity contribution in [3.63, 3.8) is 0 Å². The van der Waals surface area contributed by atoms with E-state index in [4.69, 9.17) is 0 Å². The summed E-state index contributed by atoms with van der Waals surface area (Å²) >= 11 is 0. The fraction of sp³-hybridized carbons (Fsp3) is 0.231. The van der Waals surface area contributed by atoms with Crippen LogP contribution in [0.3, 0.4) is 0 Å². The summed E-state index contributed by atoms with van der Waals surface area (Å²) in [5, 5.41) is 2.68. The summed E-state index contributed by atoms with van der Waals surface area (Å²) < 4.78 is 0. The molecule has 19 heavy (non-hydrogen) atoms. The normalized spacial score (nSPS) is 10.2. The van der Waals surface area contributed by atoms with Gasteiger partial charge in [0.2, 0.25) is 0 Å². The molecule has 0 saturated carbocycles. The van der Waals surface area contributed by atoms with Crippen molar-refractivity contribution in [1.29, 1.82) is 0 Å². The minimum absolute atomic E-state index is 0.0505. The number of nitrogens with one attached hydrogen (secondary N) is 2. The Balaban J connectivity index is 2.15. The van der Waals surface area contributed by atoms with Crippen LogP contribution < -0.4 is 10.9 Å². The lowest BCUT2D eigenvalue weighted by Gasteiger charge is -2.06. The first-order chi connectivity index (χ1) is 9.08. The molecule has 98 valence electrons. The van der Waals surface area contributed by atoms with Crippen molar-refractivity contribution in [3.8, 4) is 0 Å². The Hall–Kier alpha value is -2.50. The zero-order chi connectivity index (χ0) is 13.8. The minimum atomic E-state index is -0.435. The molecule has 0 bridgehead atoms. The van der Waals surface area contributed by atoms with E-state index in [1.807, 2.05) is 6.07 Å². The molecule has 0 unspecified atom stereocenters. The molecule has 0 atom stereocenters. The maximum atomic E-state index is 12.0. The quantitative estimate of drug-likeness (QED) is 0.848. The molecular weight excluding hydrogens is 244 g/mol. The number of amides is 1. The van der Waals surface area contributed by atoms with Gasteiger partial charge in [-0.25, -0.2) is 4.98 Å². The van der Waals surface area contributed by atoms with E-state index in [1.165, 1.54) is 0 Å².